The van der Waals surface area contributed by atoms with Crippen LogP contribution in [0.1, 0.15) is 25.6 Å². The molecule has 2 heterocycles. The van der Waals surface area contributed by atoms with E-state index in [-0.39, 0.29) is 43.3 Å². The van der Waals surface area contributed by atoms with Crippen LogP contribution in [0, 0.1) is 5.92 Å². The maximum Gasteiger partial charge on any atom is 0.242 e. The molecule has 2 N–H and O–H groups in total. The highest BCUT2D eigenvalue weighted by atomic mass is 35.5. The Morgan fingerprint density at radius 2 is 1.84 bits per heavy atom. The first kappa shape index (κ1) is 25.0. The number of nitrogens with two attached hydrogens (primary N) is 1. The molecule has 1 aromatic heterocycles. The lowest BCUT2D eigenvalue weighted by Gasteiger charge is -2.38. The van der Waals surface area contributed by atoms with Crippen molar-refractivity contribution in [3.8, 4) is 5.75 Å². The van der Waals surface area contributed by atoms with E-state index in [1.807, 2.05) is 64.1 Å². The zero-order chi connectivity index (χ0) is 20.2. The lowest BCUT2D eigenvalue weighted by Crippen LogP contribution is -2.50. The molecule has 0 bridgehead atoms. The second kappa shape index (κ2) is 11.4. The highest BCUT2D eigenvalue weighted by Crippen LogP contribution is 2.24. The van der Waals surface area contributed by atoms with Gasteiger partial charge in [0, 0.05) is 19.1 Å². The molecule has 8 heteroatoms. The summed E-state index contributed by atoms with van der Waals surface area (Å²) in [6, 6.07) is 17.7. The monoisotopic (exact) mass is 464 g/mol. The minimum absolute atomic E-state index is 0. The summed E-state index contributed by atoms with van der Waals surface area (Å²) >= 11 is 0. The Hall–Kier alpha value is -2.28. The molecule has 168 valence electrons. The highest BCUT2D eigenvalue weighted by molar-refractivity contribution is 5.85. The summed E-state index contributed by atoms with van der Waals surface area (Å²) in [7, 11) is 0. The number of ether oxygens (including phenoxy) is 1. The molecule has 2 atom stereocenters. The summed E-state index contributed by atoms with van der Waals surface area (Å²) < 4.78 is 7.90. The van der Waals surface area contributed by atoms with Crippen molar-refractivity contribution >= 4 is 41.8 Å². The van der Waals surface area contributed by atoms with E-state index in [1.54, 1.807) is 0 Å². The van der Waals surface area contributed by atoms with Crippen LogP contribution in [0.4, 0.5) is 0 Å². The Kier molecular flexibility index (Phi) is 9.16. The molecule has 1 saturated heterocycles. The predicted molar refractivity (Wildman–Crippen MR) is 128 cm³/mol. The van der Waals surface area contributed by atoms with Gasteiger partial charge < -0.3 is 19.9 Å². The zero-order valence-corrected chi connectivity index (χ0v) is 19.3. The van der Waals surface area contributed by atoms with Gasteiger partial charge in [0.2, 0.25) is 5.91 Å². The molecule has 2 unspecified atom stereocenters. The van der Waals surface area contributed by atoms with E-state index in [2.05, 4.69) is 6.92 Å². The SMILES string of the molecule is CC1CCN(C(=O)Cn2c(COc3ccccc3)nc3ccccc32)C(CN)C1.Cl.Cl. The third-order valence-electron chi connectivity index (χ3n) is 5.71. The predicted octanol–water partition coefficient (Wildman–Crippen LogP) is 4.04. The number of amides is 1. The fourth-order valence-corrected chi connectivity index (χ4v) is 4.11. The van der Waals surface area contributed by atoms with Crippen molar-refractivity contribution in [2.75, 3.05) is 13.1 Å². The average molecular weight is 465 g/mol. The van der Waals surface area contributed by atoms with Crippen LogP contribution in [-0.2, 0) is 17.9 Å². The summed E-state index contributed by atoms with van der Waals surface area (Å²) in [5.41, 5.74) is 7.78. The van der Waals surface area contributed by atoms with Crippen LogP contribution in [0.15, 0.2) is 54.6 Å². The van der Waals surface area contributed by atoms with E-state index in [9.17, 15) is 4.79 Å². The molecule has 0 spiro atoms. The average Bonchev–Trinajstić information content (AvgIpc) is 3.10. The number of nitrogens with zero attached hydrogens (tertiary/aromatic N) is 3. The third kappa shape index (κ3) is 5.70. The van der Waals surface area contributed by atoms with E-state index >= 15 is 0 Å². The maximum absolute atomic E-state index is 13.2. The van der Waals surface area contributed by atoms with Crippen molar-refractivity contribution in [3.63, 3.8) is 0 Å². The molecule has 1 fully saturated rings. The molecule has 0 aliphatic carbocycles. The van der Waals surface area contributed by atoms with Gasteiger partial charge in [0.1, 0.15) is 24.7 Å². The molecule has 1 aliphatic rings. The van der Waals surface area contributed by atoms with Gasteiger partial charge in [-0.25, -0.2) is 4.98 Å². The van der Waals surface area contributed by atoms with Crippen molar-refractivity contribution in [1.29, 1.82) is 0 Å². The van der Waals surface area contributed by atoms with Crippen LogP contribution < -0.4 is 10.5 Å². The fourth-order valence-electron chi connectivity index (χ4n) is 4.11. The molecule has 2 aromatic carbocycles. The number of halogens is 2. The zero-order valence-electron chi connectivity index (χ0n) is 17.6. The van der Waals surface area contributed by atoms with Crippen molar-refractivity contribution in [2.24, 2.45) is 11.7 Å². The molecular formula is C23H30Cl2N4O2. The van der Waals surface area contributed by atoms with Gasteiger partial charge in [-0.1, -0.05) is 37.3 Å². The first-order valence-electron chi connectivity index (χ1n) is 10.3. The number of para-hydroxylation sites is 3. The number of hydrogen-bond acceptors (Lipinski definition) is 4. The smallest absolute Gasteiger partial charge is 0.242 e. The summed E-state index contributed by atoms with van der Waals surface area (Å²) in [4.78, 5) is 19.9. The van der Waals surface area contributed by atoms with Crippen LogP contribution in [0.3, 0.4) is 0 Å². The molecule has 1 amide bonds. The van der Waals surface area contributed by atoms with E-state index in [1.165, 1.54) is 0 Å². The summed E-state index contributed by atoms with van der Waals surface area (Å²) in [5.74, 6) is 2.23. The van der Waals surface area contributed by atoms with Crippen molar-refractivity contribution in [2.45, 2.75) is 39.0 Å². The van der Waals surface area contributed by atoms with Crippen LogP contribution in [-0.4, -0.2) is 39.5 Å². The van der Waals surface area contributed by atoms with Crippen LogP contribution in [0.5, 0.6) is 5.75 Å². The van der Waals surface area contributed by atoms with E-state index in [4.69, 9.17) is 15.5 Å². The van der Waals surface area contributed by atoms with Crippen LogP contribution >= 0.6 is 24.8 Å². The molecule has 31 heavy (non-hydrogen) atoms. The van der Waals surface area contributed by atoms with Gasteiger partial charge in [-0.3, -0.25) is 4.79 Å². The largest absolute Gasteiger partial charge is 0.486 e. The van der Waals surface area contributed by atoms with Gasteiger partial charge in [0.25, 0.3) is 0 Å². The minimum atomic E-state index is 0. The molecule has 0 saturated carbocycles. The topological polar surface area (TPSA) is 73.4 Å². The number of hydrogen-bond donors (Lipinski definition) is 1. The van der Waals surface area contributed by atoms with Crippen LogP contribution in [0.25, 0.3) is 11.0 Å². The number of likely N-dealkylation sites (tertiary alicyclic amines) is 1. The maximum atomic E-state index is 13.2. The Bertz CT molecular complexity index is 980. The quantitative estimate of drug-likeness (QED) is 0.596. The second-order valence-corrected chi connectivity index (χ2v) is 7.81. The summed E-state index contributed by atoms with van der Waals surface area (Å²) in [6.45, 7) is 4.06. The lowest BCUT2D eigenvalue weighted by molar-refractivity contribution is -0.135. The normalized spacial score (nSPS) is 18.2. The summed E-state index contributed by atoms with van der Waals surface area (Å²) in [5, 5.41) is 0. The molecule has 6 nitrogen and oxygen atoms in total. The van der Waals surface area contributed by atoms with E-state index in [0.29, 0.717) is 19.1 Å². The number of rotatable bonds is 6. The molecule has 4 rings (SSSR count). The lowest BCUT2D eigenvalue weighted by atomic mass is 9.92. The minimum Gasteiger partial charge on any atom is -0.486 e. The van der Waals surface area contributed by atoms with Gasteiger partial charge in [0.05, 0.1) is 11.0 Å². The van der Waals surface area contributed by atoms with Gasteiger partial charge in [-0.2, -0.15) is 0 Å². The van der Waals surface area contributed by atoms with E-state index in [0.717, 1.165) is 42.0 Å². The molecule has 0 radical (unpaired) electrons. The van der Waals surface area contributed by atoms with Crippen LogP contribution in [0.2, 0.25) is 0 Å². The Morgan fingerprint density at radius 3 is 2.58 bits per heavy atom. The molecular weight excluding hydrogens is 435 g/mol. The third-order valence-corrected chi connectivity index (χ3v) is 5.71. The Morgan fingerprint density at radius 1 is 1.13 bits per heavy atom. The van der Waals surface area contributed by atoms with Gasteiger partial charge in [0.15, 0.2) is 0 Å². The highest BCUT2D eigenvalue weighted by Gasteiger charge is 2.29. The Balaban J connectivity index is 0.00000171. The van der Waals surface area contributed by atoms with Gasteiger partial charge >= 0.3 is 0 Å². The van der Waals surface area contributed by atoms with E-state index < -0.39 is 0 Å². The summed E-state index contributed by atoms with van der Waals surface area (Å²) in [6.07, 6.45) is 1.99. The fraction of sp³-hybridized carbons (Fsp3) is 0.391. The van der Waals surface area contributed by atoms with Crippen molar-refractivity contribution < 1.29 is 9.53 Å². The van der Waals surface area contributed by atoms with Gasteiger partial charge in [-0.15, -0.1) is 24.8 Å². The van der Waals surface area contributed by atoms with Crippen molar-refractivity contribution in [1.82, 2.24) is 14.5 Å². The van der Waals surface area contributed by atoms with Crippen molar-refractivity contribution in [3.05, 3.63) is 60.4 Å². The first-order valence-corrected chi connectivity index (χ1v) is 10.3. The number of aromatic nitrogens is 2. The number of imidazole rings is 1. The standard InChI is InChI=1S/C23H28N4O2.2ClH/c1-17-11-12-26(18(13-17)14-24)23(28)15-27-21-10-6-5-9-20(21)25-22(27)16-29-19-7-3-2-4-8-19;;/h2-10,17-18H,11-16,24H2,1H3;2*1H. The van der Waals surface area contributed by atoms with Gasteiger partial charge in [-0.05, 0) is 43.0 Å². The number of piperidine rings is 1. The number of benzene rings is 2. The first-order chi connectivity index (χ1) is 14.2. The molecule has 3 aromatic rings. The molecule has 1 aliphatic heterocycles. The Labute approximate surface area is 195 Å². The second-order valence-electron chi connectivity index (χ2n) is 7.81. The number of carbonyl (C=O) groups excluding carboxylic acids is 1. The number of carbonyl (C=O) groups is 1. The number of fused-ring (bicyclic) bond motifs is 1.